The van der Waals surface area contributed by atoms with Crippen LogP contribution in [0, 0.1) is 6.92 Å². The molecule has 0 aliphatic rings. The zero-order valence-electron chi connectivity index (χ0n) is 15.6. The van der Waals surface area contributed by atoms with E-state index in [4.69, 9.17) is 0 Å². The van der Waals surface area contributed by atoms with Crippen molar-refractivity contribution in [1.82, 2.24) is 9.47 Å². The molecule has 0 bridgehead atoms. The van der Waals surface area contributed by atoms with Gasteiger partial charge in [0.2, 0.25) is 5.91 Å². The summed E-state index contributed by atoms with van der Waals surface area (Å²) in [6.07, 6.45) is 2.62. The highest BCUT2D eigenvalue weighted by atomic mass is 16.2. The van der Waals surface area contributed by atoms with Gasteiger partial charge in [0.1, 0.15) is 0 Å². The number of carbonyl (C=O) groups excluding carboxylic acids is 1. The van der Waals surface area contributed by atoms with E-state index in [9.17, 15) is 4.79 Å². The van der Waals surface area contributed by atoms with Gasteiger partial charge in [0.15, 0.2) is 0 Å². The van der Waals surface area contributed by atoms with E-state index < -0.39 is 0 Å². The SMILES string of the molecule is CCC(=O)N(Cc1ccccc1)Cc1cccn1Cc1ccccc1C. The predicted molar refractivity (Wildman–Crippen MR) is 106 cm³/mol. The first kappa shape index (κ1) is 18.0. The van der Waals surface area contributed by atoms with Crippen LogP contribution in [-0.2, 0) is 24.4 Å². The van der Waals surface area contributed by atoms with Crippen molar-refractivity contribution in [3.05, 3.63) is 95.3 Å². The highest BCUT2D eigenvalue weighted by molar-refractivity contribution is 5.75. The largest absolute Gasteiger partial charge is 0.345 e. The molecule has 0 spiro atoms. The second-order valence-corrected chi connectivity index (χ2v) is 6.64. The minimum absolute atomic E-state index is 0.178. The van der Waals surface area contributed by atoms with Gasteiger partial charge in [-0.3, -0.25) is 4.79 Å². The fourth-order valence-corrected chi connectivity index (χ4v) is 3.17. The maximum absolute atomic E-state index is 12.5. The monoisotopic (exact) mass is 346 g/mol. The van der Waals surface area contributed by atoms with Crippen LogP contribution in [0.3, 0.4) is 0 Å². The zero-order valence-corrected chi connectivity index (χ0v) is 15.6. The van der Waals surface area contributed by atoms with E-state index in [0.29, 0.717) is 19.5 Å². The van der Waals surface area contributed by atoms with Gasteiger partial charge in [0.05, 0.1) is 6.54 Å². The van der Waals surface area contributed by atoms with Gasteiger partial charge in [0, 0.05) is 31.4 Å². The first-order valence-corrected chi connectivity index (χ1v) is 9.17. The molecule has 1 aromatic heterocycles. The molecule has 1 amide bonds. The lowest BCUT2D eigenvalue weighted by atomic mass is 10.1. The highest BCUT2D eigenvalue weighted by Crippen LogP contribution is 2.15. The molecule has 134 valence electrons. The Morgan fingerprint density at radius 2 is 1.65 bits per heavy atom. The number of amides is 1. The lowest BCUT2D eigenvalue weighted by Gasteiger charge is -2.23. The summed E-state index contributed by atoms with van der Waals surface area (Å²) < 4.78 is 2.24. The van der Waals surface area contributed by atoms with E-state index in [2.05, 4.69) is 66.2 Å². The van der Waals surface area contributed by atoms with Gasteiger partial charge in [-0.1, -0.05) is 61.5 Å². The van der Waals surface area contributed by atoms with E-state index in [1.54, 1.807) is 0 Å². The smallest absolute Gasteiger partial charge is 0.222 e. The molecule has 0 N–H and O–H groups in total. The number of rotatable bonds is 7. The molecule has 3 aromatic rings. The highest BCUT2D eigenvalue weighted by Gasteiger charge is 2.15. The summed E-state index contributed by atoms with van der Waals surface area (Å²) in [5.74, 6) is 0.178. The van der Waals surface area contributed by atoms with Crippen molar-refractivity contribution in [2.45, 2.75) is 39.9 Å². The van der Waals surface area contributed by atoms with Crippen molar-refractivity contribution >= 4 is 5.91 Å². The van der Waals surface area contributed by atoms with Gasteiger partial charge in [-0.2, -0.15) is 0 Å². The van der Waals surface area contributed by atoms with Crippen LogP contribution < -0.4 is 0 Å². The Bertz CT molecular complexity index is 851. The Kier molecular flexibility index (Phi) is 5.90. The third-order valence-electron chi connectivity index (χ3n) is 4.75. The number of carbonyl (C=O) groups is 1. The molecule has 0 aliphatic heterocycles. The van der Waals surface area contributed by atoms with Crippen LogP contribution in [0.1, 0.15) is 35.7 Å². The molecule has 3 rings (SSSR count). The standard InChI is InChI=1S/C23H26N2O/c1-3-23(26)25(16-20-11-5-4-6-12-20)18-22-14-9-15-24(22)17-21-13-8-7-10-19(21)2/h4-15H,3,16-18H2,1-2H3. The normalized spacial score (nSPS) is 10.7. The quantitative estimate of drug-likeness (QED) is 0.604. The topological polar surface area (TPSA) is 25.2 Å². The lowest BCUT2D eigenvalue weighted by molar-refractivity contribution is -0.132. The maximum Gasteiger partial charge on any atom is 0.222 e. The summed E-state index contributed by atoms with van der Waals surface area (Å²) in [4.78, 5) is 14.4. The van der Waals surface area contributed by atoms with E-state index in [1.165, 1.54) is 11.1 Å². The van der Waals surface area contributed by atoms with Crippen molar-refractivity contribution in [3.8, 4) is 0 Å². The number of aromatic nitrogens is 1. The number of aryl methyl sites for hydroxylation is 1. The van der Waals surface area contributed by atoms with Gasteiger partial charge >= 0.3 is 0 Å². The minimum Gasteiger partial charge on any atom is -0.345 e. The molecular weight excluding hydrogens is 320 g/mol. The Morgan fingerprint density at radius 3 is 2.38 bits per heavy atom. The summed E-state index contributed by atoms with van der Waals surface area (Å²) in [5.41, 5.74) is 4.91. The zero-order chi connectivity index (χ0) is 18.4. The predicted octanol–water partition coefficient (Wildman–Crippen LogP) is 4.78. The molecule has 0 unspecified atom stereocenters. The lowest BCUT2D eigenvalue weighted by Crippen LogP contribution is -2.30. The summed E-state index contributed by atoms with van der Waals surface area (Å²) in [5, 5.41) is 0. The second kappa shape index (κ2) is 8.52. The fourth-order valence-electron chi connectivity index (χ4n) is 3.17. The fraction of sp³-hybridized carbons (Fsp3) is 0.261. The third kappa shape index (κ3) is 4.42. The van der Waals surface area contributed by atoms with Crippen molar-refractivity contribution in [2.24, 2.45) is 0 Å². The number of nitrogens with zero attached hydrogens (tertiary/aromatic N) is 2. The number of hydrogen-bond donors (Lipinski definition) is 0. The van der Waals surface area contributed by atoms with Crippen LogP contribution in [0.25, 0.3) is 0 Å². The van der Waals surface area contributed by atoms with Crippen LogP contribution in [0.5, 0.6) is 0 Å². The Labute approximate surface area is 155 Å². The van der Waals surface area contributed by atoms with E-state index in [1.807, 2.05) is 30.0 Å². The molecule has 0 radical (unpaired) electrons. The van der Waals surface area contributed by atoms with E-state index in [-0.39, 0.29) is 5.91 Å². The Hall–Kier alpha value is -2.81. The molecule has 1 heterocycles. The van der Waals surface area contributed by atoms with Crippen molar-refractivity contribution in [2.75, 3.05) is 0 Å². The molecule has 3 nitrogen and oxygen atoms in total. The number of hydrogen-bond acceptors (Lipinski definition) is 1. The molecular formula is C23H26N2O. The molecule has 26 heavy (non-hydrogen) atoms. The van der Waals surface area contributed by atoms with Gasteiger partial charge in [-0.15, -0.1) is 0 Å². The maximum atomic E-state index is 12.5. The van der Waals surface area contributed by atoms with Crippen LogP contribution in [0.2, 0.25) is 0 Å². The van der Waals surface area contributed by atoms with Crippen molar-refractivity contribution in [3.63, 3.8) is 0 Å². The van der Waals surface area contributed by atoms with Gasteiger partial charge < -0.3 is 9.47 Å². The van der Waals surface area contributed by atoms with Gasteiger partial charge in [-0.05, 0) is 35.7 Å². The molecule has 3 heteroatoms. The average Bonchev–Trinajstić information content (AvgIpc) is 3.10. The first-order valence-electron chi connectivity index (χ1n) is 9.17. The van der Waals surface area contributed by atoms with Crippen molar-refractivity contribution in [1.29, 1.82) is 0 Å². The molecule has 0 atom stereocenters. The van der Waals surface area contributed by atoms with Crippen LogP contribution in [-0.4, -0.2) is 15.4 Å². The van der Waals surface area contributed by atoms with E-state index in [0.717, 1.165) is 17.8 Å². The molecule has 2 aromatic carbocycles. The number of benzene rings is 2. The molecule has 0 fully saturated rings. The molecule has 0 saturated heterocycles. The molecule has 0 aliphatic carbocycles. The van der Waals surface area contributed by atoms with E-state index >= 15 is 0 Å². The summed E-state index contributed by atoms with van der Waals surface area (Å²) >= 11 is 0. The second-order valence-electron chi connectivity index (χ2n) is 6.64. The Morgan fingerprint density at radius 1 is 0.923 bits per heavy atom. The summed E-state index contributed by atoms with van der Waals surface area (Å²) in [7, 11) is 0. The van der Waals surface area contributed by atoms with Crippen LogP contribution >= 0.6 is 0 Å². The first-order chi connectivity index (χ1) is 12.7. The minimum atomic E-state index is 0.178. The summed E-state index contributed by atoms with van der Waals surface area (Å²) in [6.45, 7) is 6.16. The van der Waals surface area contributed by atoms with Crippen LogP contribution in [0.15, 0.2) is 72.9 Å². The van der Waals surface area contributed by atoms with Crippen LogP contribution in [0.4, 0.5) is 0 Å². The molecule has 0 saturated carbocycles. The third-order valence-corrected chi connectivity index (χ3v) is 4.75. The summed E-state index contributed by atoms with van der Waals surface area (Å²) in [6, 6.07) is 22.8. The Balaban J connectivity index is 1.78. The van der Waals surface area contributed by atoms with Gasteiger partial charge in [0.25, 0.3) is 0 Å². The van der Waals surface area contributed by atoms with Crippen molar-refractivity contribution < 1.29 is 4.79 Å². The van der Waals surface area contributed by atoms with Gasteiger partial charge in [-0.25, -0.2) is 0 Å². The average molecular weight is 346 g/mol.